The number of hydrogen-bond donors (Lipinski definition) is 1. The lowest BCUT2D eigenvalue weighted by Crippen LogP contribution is -2.32. The number of aliphatic carboxylic acids is 1. The van der Waals surface area contributed by atoms with Gasteiger partial charge in [-0.3, -0.25) is 4.79 Å². The summed E-state index contributed by atoms with van der Waals surface area (Å²) in [6, 6.07) is 12.3. The average Bonchev–Trinajstić information content (AvgIpc) is 2.95. The Kier molecular flexibility index (Phi) is 3.97. The number of carboxylic acid groups (broad SMARTS) is 1. The summed E-state index contributed by atoms with van der Waals surface area (Å²) >= 11 is 1.85. The van der Waals surface area contributed by atoms with Gasteiger partial charge in [0.15, 0.2) is 0 Å². The highest BCUT2D eigenvalue weighted by molar-refractivity contribution is 7.12. The number of thiophene rings is 1. The lowest BCUT2D eigenvalue weighted by Gasteiger charge is -2.34. The normalized spacial score (nSPS) is 17.6. The van der Waals surface area contributed by atoms with Gasteiger partial charge in [0.05, 0.1) is 12.5 Å². The molecule has 1 aliphatic rings. The number of fused-ring (bicyclic) bond motifs is 1. The van der Waals surface area contributed by atoms with Crippen molar-refractivity contribution in [3.63, 3.8) is 0 Å². The van der Waals surface area contributed by atoms with Crippen molar-refractivity contribution in [2.75, 3.05) is 11.4 Å². The van der Waals surface area contributed by atoms with E-state index in [1.54, 1.807) is 0 Å². The van der Waals surface area contributed by atoms with Crippen LogP contribution in [0.4, 0.5) is 5.69 Å². The molecule has 1 aromatic heterocycles. The number of anilines is 1. The number of rotatable bonds is 4. The van der Waals surface area contributed by atoms with E-state index in [4.69, 9.17) is 0 Å². The number of benzene rings is 1. The minimum absolute atomic E-state index is 0.369. The van der Waals surface area contributed by atoms with E-state index < -0.39 is 5.97 Å². The van der Waals surface area contributed by atoms with Gasteiger partial charge in [0.25, 0.3) is 0 Å². The molecule has 0 saturated carbocycles. The van der Waals surface area contributed by atoms with Gasteiger partial charge in [0, 0.05) is 22.0 Å². The van der Waals surface area contributed by atoms with Gasteiger partial charge in [0.1, 0.15) is 0 Å². The molecule has 0 saturated heterocycles. The van der Waals surface area contributed by atoms with Crippen LogP contribution in [0.3, 0.4) is 0 Å². The van der Waals surface area contributed by atoms with Crippen LogP contribution in [-0.2, 0) is 17.8 Å². The van der Waals surface area contributed by atoms with Crippen LogP contribution in [0.1, 0.15) is 34.6 Å². The van der Waals surface area contributed by atoms with Gasteiger partial charge >= 0.3 is 5.97 Å². The van der Waals surface area contributed by atoms with Crippen LogP contribution in [0.25, 0.3) is 0 Å². The van der Waals surface area contributed by atoms with Gasteiger partial charge in [-0.15, -0.1) is 11.3 Å². The number of hydrogen-bond acceptors (Lipinski definition) is 3. The lowest BCUT2D eigenvalue weighted by atomic mass is 9.90. The Hall–Kier alpha value is -1.81. The maximum atomic E-state index is 11.4. The Morgan fingerprint density at radius 1 is 1.29 bits per heavy atom. The quantitative estimate of drug-likeness (QED) is 0.931. The molecule has 4 heteroatoms. The molecule has 1 N–H and O–H groups in total. The van der Waals surface area contributed by atoms with Crippen molar-refractivity contribution >= 4 is 23.0 Å². The van der Waals surface area contributed by atoms with Gasteiger partial charge in [-0.05, 0) is 36.6 Å². The van der Waals surface area contributed by atoms with E-state index in [0.29, 0.717) is 6.42 Å². The molecule has 3 nitrogen and oxygen atoms in total. The zero-order valence-electron chi connectivity index (χ0n) is 12.1. The number of para-hydroxylation sites is 1. The zero-order chi connectivity index (χ0) is 14.8. The van der Waals surface area contributed by atoms with E-state index in [1.807, 2.05) is 35.6 Å². The Morgan fingerprint density at radius 3 is 2.76 bits per heavy atom. The second-order valence-electron chi connectivity index (χ2n) is 5.38. The topological polar surface area (TPSA) is 40.5 Å². The Bertz CT molecular complexity index is 650. The standard InChI is InChI=1S/C17H19NO2S/c1-2-12-7-8-13(21-12)11-18-10-9-15(17(19)20)14-5-3-4-6-16(14)18/h3-8,15H,2,9-11H2,1H3,(H,19,20). The summed E-state index contributed by atoms with van der Waals surface area (Å²) in [5.74, 6) is -1.08. The smallest absolute Gasteiger partial charge is 0.311 e. The Balaban J connectivity index is 1.87. The van der Waals surface area contributed by atoms with Crippen LogP contribution in [-0.4, -0.2) is 17.6 Å². The summed E-state index contributed by atoms with van der Waals surface area (Å²) in [6.07, 6.45) is 1.75. The molecule has 0 amide bonds. The minimum Gasteiger partial charge on any atom is -0.481 e. The second-order valence-corrected chi connectivity index (χ2v) is 6.63. The molecule has 3 rings (SSSR count). The first kappa shape index (κ1) is 14.1. The molecule has 0 aliphatic carbocycles. The summed E-state index contributed by atoms with van der Waals surface area (Å²) < 4.78 is 0. The van der Waals surface area contributed by atoms with Crippen LogP contribution in [0.5, 0.6) is 0 Å². The van der Waals surface area contributed by atoms with E-state index >= 15 is 0 Å². The lowest BCUT2D eigenvalue weighted by molar-refractivity contribution is -0.139. The van der Waals surface area contributed by atoms with Crippen molar-refractivity contribution in [1.82, 2.24) is 0 Å². The zero-order valence-corrected chi connectivity index (χ0v) is 12.9. The number of carbonyl (C=O) groups is 1. The van der Waals surface area contributed by atoms with Crippen LogP contribution in [0.2, 0.25) is 0 Å². The maximum absolute atomic E-state index is 11.4. The predicted octanol–water partition coefficient (Wildman–Crippen LogP) is 3.89. The Labute approximate surface area is 128 Å². The fourth-order valence-electron chi connectivity index (χ4n) is 2.94. The van der Waals surface area contributed by atoms with Crippen LogP contribution >= 0.6 is 11.3 Å². The first-order chi connectivity index (χ1) is 10.2. The van der Waals surface area contributed by atoms with Crippen molar-refractivity contribution in [1.29, 1.82) is 0 Å². The minimum atomic E-state index is -0.716. The fourth-order valence-corrected chi connectivity index (χ4v) is 3.91. The van der Waals surface area contributed by atoms with Crippen molar-refractivity contribution in [2.45, 2.75) is 32.2 Å². The van der Waals surface area contributed by atoms with Gasteiger partial charge in [-0.1, -0.05) is 25.1 Å². The summed E-state index contributed by atoms with van der Waals surface area (Å²) in [5.41, 5.74) is 2.02. The molecule has 1 aliphatic heterocycles. The Morgan fingerprint density at radius 2 is 2.05 bits per heavy atom. The second kappa shape index (κ2) is 5.90. The van der Waals surface area contributed by atoms with E-state index in [-0.39, 0.29) is 5.92 Å². The summed E-state index contributed by atoms with van der Waals surface area (Å²) in [6.45, 7) is 3.84. The molecular weight excluding hydrogens is 282 g/mol. The van der Waals surface area contributed by atoms with E-state index in [9.17, 15) is 9.90 Å². The summed E-state index contributed by atoms with van der Waals surface area (Å²) in [5, 5.41) is 9.38. The first-order valence-electron chi connectivity index (χ1n) is 7.33. The molecule has 1 aromatic carbocycles. The highest BCUT2D eigenvalue weighted by Gasteiger charge is 2.29. The predicted molar refractivity (Wildman–Crippen MR) is 86.2 cm³/mol. The molecule has 2 aromatic rings. The highest BCUT2D eigenvalue weighted by atomic mass is 32.1. The highest BCUT2D eigenvalue weighted by Crippen LogP contribution is 2.36. The van der Waals surface area contributed by atoms with Crippen LogP contribution < -0.4 is 4.90 Å². The van der Waals surface area contributed by atoms with Gasteiger partial charge < -0.3 is 10.0 Å². The van der Waals surface area contributed by atoms with Crippen molar-refractivity contribution in [3.05, 3.63) is 51.7 Å². The van der Waals surface area contributed by atoms with Crippen molar-refractivity contribution < 1.29 is 9.90 Å². The molecule has 0 spiro atoms. The molecule has 1 atom stereocenters. The molecule has 110 valence electrons. The third-order valence-electron chi connectivity index (χ3n) is 4.05. The molecule has 2 heterocycles. The fraction of sp³-hybridized carbons (Fsp3) is 0.353. The third kappa shape index (κ3) is 2.81. The molecule has 0 bridgehead atoms. The van der Waals surface area contributed by atoms with Gasteiger partial charge in [-0.2, -0.15) is 0 Å². The van der Waals surface area contributed by atoms with Crippen LogP contribution in [0.15, 0.2) is 36.4 Å². The van der Waals surface area contributed by atoms with Crippen LogP contribution in [0, 0.1) is 0 Å². The summed E-state index contributed by atoms with van der Waals surface area (Å²) in [4.78, 5) is 16.5. The molecule has 1 unspecified atom stereocenters. The van der Waals surface area contributed by atoms with Gasteiger partial charge in [0.2, 0.25) is 0 Å². The summed E-state index contributed by atoms with van der Waals surface area (Å²) in [7, 11) is 0. The molecule has 0 radical (unpaired) electrons. The monoisotopic (exact) mass is 301 g/mol. The maximum Gasteiger partial charge on any atom is 0.311 e. The van der Waals surface area contributed by atoms with E-state index in [1.165, 1.54) is 9.75 Å². The van der Waals surface area contributed by atoms with E-state index in [2.05, 4.69) is 24.0 Å². The van der Waals surface area contributed by atoms with Crippen molar-refractivity contribution in [2.24, 2.45) is 0 Å². The SMILES string of the molecule is CCc1ccc(CN2CCC(C(=O)O)c3ccccc32)s1. The largest absolute Gasteiger partial charge is 0.481 e. The molecule has 21 heavy (non-hydrogen) atoms. The number of nitrogens with zero attached hydrogens (tertiary/aromatic N) is 1. The molecular formula is C17H19NO2S. The van der Waals surface area contributed by atoms with E-state index in [0.717, 1.165) is 30.8 Å². The molecule has 0 fully saturated rings. The van der Waals surface area contributed by atoms with Gasteiger partial charge in [-0.25, -0.2) is 0 Å². The third-order valence-corrected chi connectivity index (χ3v) is 5.27. The number of carboxylic acids is 1. The number of aryl methyl sites for hydroxylation is 1. The average molecular weight is 301 g/mol. The first-order valence-corrected chi connectivity index (χ1v) is 8.15. The van der Waals surface area contributed by atoms with Crippen molar-refractivity contribution in [3.8, 4) is 0 Å².